The van der Waals surface area contributed by atoms with Crippen LogP contribution < -0.4 is 5.73 Å². The van der Waals surface area contributed by atoms with Crippen LogP contribution in [0.15, 0.2) is 0 Å². The van der Waals surface area contributed by atoms with Gasteiger partial charge in [0.25, 0.3) is 0 Å². The van der Waals surface area contributed by atoms with Gasteiger partial charge in [-0.25, -0.2) is 0 Å². The Kier molecular flexibility index (Phi) is 4.66. The molecule has 0 heterocycles. The van der Waals surface area contributed by atoms with Crippen molar-refractivity contribution in [2.75, 3.05) is 26.2 Å². The van der Waals surface area contributed by atoms with Crippen molar-refractivity contribution in [1.29, 1.82) is 0 Å². The number of nitrogens with two attached hydrogens (primary N) is 1. The van der Waals surface area contributed by atoms with Gasteiger partial charge >= 0.3 is 0 Å². The highest BCUT2D eigenvalue weighted by molar-refractivity contribution is 4.82. The lowest BCUT2D eigenvalue weighted by Crippen LogP contribution is -2.31. The first-order valence-electron chi connectivity index (χ1n) is 7.24. The summed E-state index contributed by atoms with van der Waals surface area (Å²) < 4.78 is 0. The van der Waals surface area contributed by atoms with Crippen LogP contribution in [0.2, 0.25) is 0 Å². The zero-order valence-electron chi connectivity index (χ0n) is 10.8. The van der Waals surface area contributed by atoms with Gasteiger partial charge in [0, 0.05) is 13.1 Å². The molecular formula is C14H28N2. The maximum absolute atomic E-state index is 5.78. The van der Waals surface area contributed by atoms with E-state index in [1.165, 1.54) is 58.2 Å². The van der Waals surface area contributed by atoms with Gasteiger partial charge in [0.1, 0.15) is 0 Å². The highest BCUT2D eigenvalue weighted by Crippen LogP contribution is 2.33. The Balaban J connectivity index is 1.66. The first kappa shape index (κ1) is 12.4. The van der Waals surface area contributed by atoms with Crippen molar-refractivity contribution in [1.82, 2.24) is 4.90 Å². The summed E-state index contributed by atoms with van der Waals surface area (Å²) in [7, 11) is 0. The molecule has 0 spiro atoms. The van der Waals surface area contributed by atoms with Crippen LogP contribution in [-0.2, 0) is 0 Å². The summed E-state index contributed by atoms with van der Waals surface area (Å²) in [5.41, 5.74) is 5.78. The van der Waals surface area contributed by atoms with Crippen molar-refractivity contribution in [3.8, 4) is 0 Å². The maximum atomic E-state index is 5.78. The number of hydrogen-bond acceptors (Lipinski definition) is 2. The average molecular weight is 224 g/mol. The molecule has 1 atom stereocenters. The molecule has 0 saturated heterocycles. The second-order valence-electron chi connectivity index (χ2n) is 5.94. The van der Waals surface area contributed by atoms with Crippen LogP contribution >= 0.6 is 0 Å². The fraction of sp³-hybridized carbons (Fsp3) is 1.00. The Bertz CT molecular complexity index is 179. The monoisotopic (exact) mass is 224 g/mol. The van der Waals surface area contributed by atoms with Gasteiger partial charge in [0.05, 0.1) is 0 Å². The smallest absolute Gasteiger partial charge is 0.000978 e. The van der Waals surface area contributed by atoms with E-state index in [1.54, 1.807) is 0 Å². The van der Waals surface area contributed by atoms with Gasteiger partial charge in [-0.3, -0.25) is 0 Å². The highest BCUT2D eigenvalue weighted by Gasteiger charge is 2.29. The van der Waals surface area contributed by atoms with Crippen LogP contribution in [0, 0.1) is 17.8 Å². The van der Waals surface area contributed by atoms with Crippen molar-refractivity contribution < 1.29 is 0 Å². The fourth-order valence-corrected chi connectivity index (χ4v) is 2.44. The molecule has 2 heteroatoms. The van der Waals surface area contributed by atoms with E-state index in [-0.39, 0.29) is 0 Å². The first-order valence-corrected chi connectivity index (χ1v) is 7.24. The zero-order chi connectivity index (χ0) is 11.4. The normalized spacial score (nSPS) is 22.7. The largest absolute Gasteiger partial charge is 0.330 e. The van der Waals surface area contributed by atoms with E-state index in [0.717, 1.165) is 24.3 Å². The van der Waals surface area contributed by atoms with Gasteiger partial charge in [-0.15, -0.1) is 0 Å². The molecule has 2 saturated carbocycles. The standard InChI is InChI=1S/C14H28N2/c1-2-12(9-15)7-8-16(10-13-3-4-13)11-14-5-6-14/h12-14H,2-11,15H2,1H3. The van der Waals surface area contributed by atoms with Crippen LogP contribution in [0.5, 0.6) is 0 Å². The third-order valence-corrected chi connectivity index (χ3v) is 4.19. The van der Waals surface area contributed by atoms with E-state index in [0.29, 0.717) is 0 Å². The summed E-state index contributed by atoms with van der Waals surface area (Å²) >= 11 is 0. The molecular weight excluding hydrogens is 196 g/mol. The molecule has 2 rings (SSSR count). The molecule has 0 amide bonds. The molecule has 0 aromatic rings. The van der Waals surface area contributed by atoms with E-state index in [1.807, 2.05) is 0 Å². The first-order chi connectivity index (χ1) is 7.81. The Labute approximate surface area is 101 Å². The topological polar surface area (TPSA) is 29.3 Å². The maximum Gasteiger partial charge on any atom is 0.000978 e. The Morgan fingerprint density at radius 2 is 1.69 bits per heavy atom. The molecule has 2 N–H and O–H groups in total. The van der Waals surface area contributed by atoms with Crippen molar-refractivity contribution in [3.05, 3.63) is 0 Å². The number of hydrogen-bond donors (Lipinski definition) is 1. The molecule has 2 nitrogen and oxygen atoms in total. The summed E-state index contributed by atoms with van der Waals surface area (Å²) in [6.07, 6.45) is 8.48. The van der Waals surface area contributed by atoms with Gasteiger partial charge in [0.2, 0.25) is 0 Å². The molecule has 0 aromatic carbocycles. The van der Waals surface area contributed by atoms with Gasteiger partial charge in [-0.1, -0.05) is 13.3 Å². The summed E-state index contributed by atoms with van der Waals surface area (Å²) in [4.78, 5) is 2.73. The lowest BCUT2D eigenvalue weighted by atomic mass is 10.0. The van der Waals surface area contributed by atoms with Crippen LogP contribution in [0.4, 0.5) is 0 Å². The Morgan fingerprint density at radius 3 is 2.06 bits per heavy atom. The quantitative estimate of drug-likeness (QED) is 0.652. The Hall–Kier alpha value is -0.0800. The summed E-state index contributed by atoms with van der Waals surface area (Å²) in [6, 6.07) is 0. The average Bonchev–Trinajstić information content (AvgIpc) is 3.14. The number of rotatable bonds is 9. The lowest BCUT2D eigenvalue weighted by Gasteiger charge is -2.24. The SMILES string of the molecule is CCC(CN)CCN(CC1CC1)CC1CC1. The van der Waals surface area contributed by atoms with Gasteiger partial charge < -0.3 is 10.6 Å². The van der Waals surface area contributed by atoms with Gasteiger partial charge in [-0.05, 0) is 62.9 Å². The van der Waals surface area contributed by atoms with E-state index in [2.05, 4.69) is 11.8 Å². The van der Waals surface area contributed by atoms with Gasteiger partial charge in [0.15, 0.2) is 0 Å². The number of nitrogens with zero attached hydrogens (tertiary/aromatic N) is 1. The Morgan fingerprint density at radius 1 is 1.12 bits per heavy atom. The lowest BCUT2D eigenvalue weighted by molar-refractivity contribution is 0.232. The second kappa shape index (κ2) is 6.02. The third kappa shape index (κ3) is 4.42. The van der Waals surface area contributed by atoms with E-state index in [4.69, 9.17) is 5.73 Å². The molecule has 0 aliphatic heterocycles. The summed E-state index contributed by atoms with van der Waals surface area (Å²) in [5.74, 6) is 2.83. The van der Waals surface area contributed by atoms with Crippen LogP contribution in [0.3, 0.4) is 0 Å². The molecule has 0 bridgehead atoms. The van der Waals surface area contributed by atoms with Crippen LogP contribution in [0.1, 0.15) is 45.4 Å². The molecule has 1 unspecified atom stereocenters. The van der Waals surface area contributed by atoms with Crippen LogP contribution in [-0.4, -0.2) is 31.1 Å². The van der Waals surface area contributed by atoms with Crippen molar-refractivity contribution in [2.45, 2.75) is 45.4 Å². The van der Waals surface area contributed by atoms with Crippen molar-refractivity contribution in [3.63, 3.8) is 0 Å². The van der Waals surface area contributed by atoms with E-state index in [9.17, 15) is 0 Å². The van der Waals surface area contributed by atoms with E-state index < -0.39 is 0 Å². The molecule has 94 valence electrons. The van der Waals surface area contributed by atoms with Crippen molar-refractivity contribution in [2.24, 2.45) is 23.5 Å². The van der Waals surface area contributed by atoms with Crippen LogP contribution in [0.25, 0.3) is 0 Å². The second-order valence-corrected chi connectivity index (χ2v) is 5.94. The van der Waals surface area contributed by atoms with E-state index >= 15 is 0 Å². The fourth-order valence-electron chi connectivity index (χ4n) is 2.44. The highest BCUT2D eigenvalue weighted by atomic mass is 15.1. The summed E-state index contributed by atoms with van der Waals surface area (Å²) in [6.45, 7) is 7.18. The molecule has 2 aliphatic carbocycles. The summed E-state index contributed by atoms with van der Waals surface area (Å²) in [5, 5.41) is 0. The molecule has 16 heavy (non-hydrogen) atoms. The minimum absolute atomic E-state index is 0.751. The van der Waals surface area contributed by atoms with Gasteiger partial charge in [-0.2, -0.15) is 0 Å². The minimum Gasteiger partial charge on any atom is -0.330 e. The predicted octanol–water partition coefficient (Wildman–Crippen LogP) is 2.48. The molecule has 2 fully saturated rings. The third-order valence-electron chi connectivity index (χ3n) is 4.19. The zero-order valence-corrected chi connectivity index (χ0v) is 10.8. The molecule has 2 aliphatic rings. The minimum atomic E-state index is 0.751. The molecule has 0 radical (unpaired) electrons. The molecule has 0 aromatic heterocycles. The van der Waals surface area contributed by atoms with Crippen molar-refractivity contribution >= 4 is 0 Å². The predicted molar refractivity (Wildman–Crippen MR) is 69.3 cm³/mol.